The Labute approximate surface area is 118 Å². The van der Waals surface area contributed by atoms with Crippen molar-refractivity contribution in [2.75, 3.05) is 6.54 Å². The maximum atomic E-state index is 14.0. The monoisotopic (exact) mass is 285 g/mol. The number of aliphatic hydroxyl groups excluding tert-OH is 1. The molecule has 3 N–H and O–H groups in total. The predicted octanol–water partition coefficient (Wildman–Crippen LogP) is 3.67. The lowest BCUT2D eigenvalue weighted by atomic mass is 9.66. The van der Waals surface area contributed by atoms with Crippen molar-refractivity contribution in [2.24, 2.45) is 17.1 Å². The Hall–Kier alpha value is -0.640. The molecule has 1 fully saturated rings. The van der Waals surface area contributed by atoms with Gasteiger partial charge in [-0.1, -0.05) is 37.4 Å². The lowest BCUT2D eigenvalue weighted by Crippen LogP contribution is -2.40. The van der Waals surface area contributed by atoms with Gasteiger partial charge in [0, 0.05) is 22.5 Å². The van der Waals surface area contributed by atoms with Crippen molar-refractivity contribution in [3.05, 3.63) is 34.6 Å². The topological polar surface area (TPSA) is 46.2 Å². The van der Waals surface area contributed by atoms with E-state index in [0.29, 0.717) is 12.5 Å². The number of rotatable bonds is 3. The van der Waals surface area contributed by atoms with Gasteiger partial charge in [-0.3, -0.25) is 0 Å². The molecule has 2 nitrogen and oxygen atoms in total. The zero-order chi connectivity index (χ0) is 14.0. The van der Waals surface area contributed by atoms with E-state index in [4.69, 9.17) is 17.3 Å². The van der Waals surface area contributed by atoms with Crippen LogP contribution in [0.2, 0.25) is 5.02 Å². The number of benzene rings is 1. The Bertz CT molecular complexity index is 424. The molecule has 1 aliphatic rings. The second-order valence-electron chi connectivity index (χ2n) is 5.79. The summed E-state index contributed by atoms with van der Waals surface area (Å²) >= 11 is 6.05. The van der Waals surface area contributed by atoms with Crippen molar-refractivity contribution >= 4 is 11.6 Å². The summed E-state index contributed by atoms with van der Waals surface area (Å²) in [4.78, 5) is 0. The number of aliphatic hydroxyl groups is 1. The van der Waals surface area contributed by atoms with Crippen molar-refractivity contribution in [2.45, 2.75) is 38.7 Å². The average molecular weight is 286 g/mol. The number of halogens is 2. The molecule has 0 bridgehead atoms. The smallest absolute Gasteiger partial charge is 0.130 e. The van der Waals surface area contributed by atoms with E-state index in [9.17, 15) is 9.50 Å². The van der Waals surface area contributed by atoms with Gasteiger partial charge in [0.15, 0.2) is 0 Å². The SMILES string of the molecule is CC1CCC(CN)(C(O)c2c(F)cccc2Cl)CC1. The number of nitrogens with two attached hydrogens (primary N) is 1. The zero-order valence-electron chi connectivity index (χ0n) is 11.2. The molecule has 0 aromatic heterocycles. The van der Waals surface area contributed by atoms with E-state index in [-0.39, 0.29) is 10.6 Å². The molecule has 1 unspecified atom stereocenters. The van der Waals surface area contributed by atoms with Gasteiger partial charge in [-0.15, -0.1) is 0 Å². The minimum atomic E-state index is -0.932. The molecule has 4 heteroatoms. The van der Waals surface area contributed by atoms with Crippen molar-refractivity contribution in [3.8, 4) is 0 Å². The zero-order valence-corrected chi connectivity index (χ0v) is 12.0. The first-order chi connectivity index (χ1) is 9.00. The second-order valence-corrected chi connectivity index (χ2v) is 6.19. The van der Waals surface area contributed by atoms with Crippen LogP contribution >= 0.6 is 11.6 Å². The van der Waals surface area contributed by atoms with Crippen LogP contribution in [0, 0.1) is 17.2 Å². The second kappa shape index (κ2) is 5.78. The molecule has 106 valence electrons. The van der Waals surface area contributed by atoms with Gasteiger partial charge >= 0.3 is 0 Å². The number of hydrogen-bond donors (Lipinski definition) is 2. The molecule has 19 heavy (non-hydrogen) atoms. The van der Waals surface area contributed by atoms with Crippen molar-refractivity contribution in [1.29, 1.82) is 0 Å². The van der Waals surface area contributed by atoms with Crippen LogP contribution < -0.4 is 5.73 Å². The van der Waals surface area contributed by atoms with E-state index in [1.807, 2.05) is 0 Å². The molecule has 2 rings (SSSR count). The van der Waals surface area contributed by atoms with Gasteiger partial charge in [0.25, 0.3) is 0 Å². The van der Waals surface area contributed by atoms with Gasteiger partial charge in [0.05, 0.1) is 6.10 Å². The first kappa shape index (κ1) is 14.8. The van der Waals surface area contributed by atoms with Crippen LogP contribution in [0.1, 0.15) is 44.3 Å². The summed E-state index contributed by atoms with van der Waals surface area (Å²) < 4.78 is 14.0. The van der Waals surface area contributed by atoms with Gasteiger partial charge in [-0.2, -0.15) is 0 Å². The van der Waals surface area contributed by atoms with Gasteiger partial charge < -0.3 is 10.8 Å². The van der Waals surface area contributed by atoms with Crippen LogP contribution in [-0.4, -0.2) is 11.7 Å². The van der Waals surface area contributed by atoms with Gasteiger partial charge in [-0.25, -0.2) is 4.39 Å². The van der Waals surface area contributed by atoms with E-state index in [0.717, 1.165) is 25.7 Å². The van der Waals surface area contributed by atoms with Crippen LogP contribution in [0.15, 0.2) is 18.2 Å². The Kier molecular flexibility index (Phi) is 4.49. The van der Waals surface area contributed by atoms with Crippen LogP contribution in [0.4, 0.5) is 4.39 Å². The highest BCUT2D eigenvalue weighted by molar-refractivity contribution is 6.31. The molecule has 1 aromatic carbocycles. The van der Waals surface area contributed by atoms with Crippen molar-refractivity contribution in [1.82, 2.24) is 0 Å². The van der Waals surface area contributed by atoms with Gasteiger partial charge in [-0.05, 0) is 30.9 Å². The average Bonchev–Trinajstić information content (AvgIpc) is 2.39. The molecule has 0 spiro atoms. The Morgan fingerprint density at radius 1 is 1.47 bits per heavy atom. The van der Waals surface area contributed by atoms with Gasteiger partial charge in [0.1, 0.15) is 5.82 Å². The number of hydrogen-bond acceptors (Lipinski definition) is 2. The van der Waals surface area contributed by atoms with Crippen LogP contribution in [0.5, 0.6) is 0 Å². The van der Waals surface area contributed by atoms with Crippen molar-refractivity contribution in [3.63, 3.8) is 0 Å². The van der Waals surface area contributed by atoms with E-state index < -0.39 is 17.3 Å². The predicted molar refractivity (Wildman–Crippen MR) is 75.5 cm³/mol. The van der Waals surface area contributed by atoms with E-state index >= 15 is 0 Å². The molecule has 0 radical (unpaired) electrons. The van der Waals surface area contributed by atoms with Crippen LogP contribution in [0.25, 0.3) is 0 Å². The first-order valence-corrected chi connectivity index (χ1v) is 7.20. The standard InChI is InChI=1S/C15H21ClFNO/c1-10-5-7-15(9-18,8-6-10)14(19)13-11(16)3-2-4-12(13)17/h2-4,10,14,19H,5-9,18H2,1H3. The van der Waals surface area contributed by atoms with Crippen LogP contribution in [0.3, 0.4) is 0 Å². The molecule has 0 aliphatic heterocycles. The minimum absolute atomic E-state index is 0.198. The summed E-state index contributed by atoms with van der Waals surface area (Å²) in [6.45, 7) is 2.55. The molecule has 0 saturated heterocycles. The maximum Gasteiger partial charge on any atom is 0.130 e. The Morgan fingerprint density at radius 3 is 2.63 bits per heavy atom. The van der Waals surface area contributed by atoms with E-state index in [1.54, 1.807) is 12.1 Å². The van der Waals surface area contributed by atoms with Crippen molar-refractivity contribution < 1.29 is 9.50 Å². The fourth-order valence-corrected chi connectivity index (χ4v) is 3.27. The summed E-state index contributed by atoms with van der Waals surface area (Å²) in [5.41, 5.74) is 5.65. The fourth-order valence-electron chi connectivity index (χ4n) is 3.00. The van der Waals surface area contributed by atoms with E-state index in [2.05, 4.69) is 6.92 Å². The normalized spacial score (nSPS) is 29.2. The lowest BCUT2D eigenvalue weighted by molar-refractivity contribution is -0.0102. The molecule has 1 aromatic rings. The third-order valence-corrected chi connectivity index (χ3v) is 4.86. The highest BCUT2D eigenvalue weighted by Gasteiger charge is 2.41. The quantitative estimate of drug-likeness (QED) is 0.890. The van der Waals surface area contributed by atoms with E-state index in [1.165, 1.54) is 6.07 Å². The molecule has 1 saturated carbocycles. The van der Waals surface area contributed by atoms with Crippen LogP contribution in [-0.2, 0) is 0 Å². The summed E-state index contributed by atoms with van der Waals surface area (Å²) in [5.74, 6) is 0.189. The highest BCUT2D eigenvalue weighted by atomic mass is 35.5. The minimum Gasteiger partial charge on any atom is -0.388 e. The summed E-state index contributed by atoms with van der Waals surface area (Å²) in [6, 6.07) is 4.49. The molecular formula is C15H21ClFNO. The third-order valence-electron chi connectivity index (χ3n) is 4.53. The highest BCUT2D eigenvalue weighted by Crippen LogP contribution is 2.48. The largest absolute Gasteiger partial charge is 0.388 e. The first-order valence-electron chi connectivity index (χ1n) is 6.82. The third kappa shape index (κ3) is 2.78. The Morgan fingerprint density at radius 2 is 2.11 bits per heavy atom. The molecular weight excluding hydrogens is 265 g/mol. The summed E-state index contributed by atoms with van der Waals surface area (Å²) in [7, 11) is 0. The maximum absolute atomic E-state index is 14.0. The van der Waals surface area contributed by atoms with Gasteiger partial charge in [0.2, 0.25) is 0 Å². The molecule has 1 atom stereocenters. The molecule has 1 aliphatic carbocycles. The Balaban J connectivity index is 2.33. The lowest BCUT2D eigenvalue weighted by Gasteiger charge is -2.42. The molecule has 0 amide bonds. The molecule has 0 heterocycles. The summed E-state index contributed by atoms with van der Waals surface area (Å²) in [6.07, 6.45) is 2.73. The summed E-state index contributed by atoms with van der Waals surface area (Å²) in [5, 5.41) is 10.9. The fraction of sp³-hybridized carbons (Fsp3) is 0.600.